The number of H-pyrrole nitrogens is 1. The van der Waals surface area contributed by atoms with Gasteiger partial charge in [0.15, 0.2) is 11.2 Å². The van der Waals surface area contributed by atoms with Crippen LogP contribution in [0.4, 0.5) is 5.95 Å². The van der Waals surface area contributed by atoms with E-state index in [2.05, 4.69) is 37.5 Å². The van der Waals surface area contributed by atoms with E-state index in [1.165, 1.54) is 12.4 Å². The van der Waals surface area contributed by atoms with E-state index in [1.807, 2.05) is 0 Å². The lowest BCUT2D eigenvalue weighted by Crippen LogP contribution is -2.11. The molecule has 6 nitrogen and oxygen atoms in total. The molecule has 0 atom stereocenters. The van der Waals surface area contributed by atoms with Crippen molar-refractivity contribution >= 4 is 29.9 Å². The Bertz CT molecular complexity index is 496. The summed E-state index contributed by atoms with van der Waals surface area (Å²) in [6.07, 6.45) is 2.91. The van der Waals surface area contributed by atoms with E-state index >= 15 is 0 Å². The number of nitrogens with one attached hydrogen (secondary N) is 2. The molecule has 66 valence electrons. The Hall–Kier alpha value is -1.63. The quantitative estimate of drug-likeness (QED) is 0.556. The number of hydrogen-bond acceptors (Lipinski definition) is 6. The summed E-state index contributed by atoms with van der Waals surface area (Å²) in [7, 11) is 0. The van der Waals surface area contributed by atoms with E-state index in [9.17, 15) is 4.79 Å². The Morgan fingerprint density at radius 3 is 2.92 bits per heavy atom. The second-order valence-electron chi connectivity index (χ2n) is 2.25. The topological polar surface area (TPSA) is 83.6 Å². The van der Waals surface area contributed by atoms with Crippen molar-refractivity contribution in [3.8, 4) is 0 Å². The van der Waals surface area contributed by atoms with Crippen molar-refractivity contribution in [3.63, 3.8) is 0 Å². The fraction of sp³-hybridized carbons (Fsp3) is 0. The number of rotatable bonds is 1. The third-order valence-corrected chi connectivity index (χ3v) is 1.66. The molecule has 0 saturated heterocycles. The Balaban J connectivity index is 2.85. The van der Waals surface area contributed by atoms with Crippen LogP contribution in [-0.2, 0) is 0 Å². The van der Waals surface area contributed by atoms with Gasteiger partial charge < -0.3 is 4.72 Å². The second kappa shape index (κ2) is 3.02. The Morgan fingerprint density at radius 2 is 2.15 bits per heavy atom. The van der Waals surface area contributed by atoms with Crippen LogP contribution in [0.5, 0.6) is 0 Å². The summed E-state index contributed by atoms with van der Waals surface area (Å²) in [4.78, 5) is 25.4. The van der Waals surface area contributed by atoms with E-state index in [-0.39, 0.29) is 17.0 Å². The maximum absolute atomic E-state index is 11.3. The van der Waals surface area contributed by atoms with Crippen LogP contribution in [0.15, 0.2) is 17.2 Å². The monoisotopic (exact) mass is 195 g/mol. The zero-order chi connectivity index (χ0) is 9.26. The summed E-state index contributed by atoms with van der Waals surface area (Å²) in [5.74, 6) is 0.251. The lowest BCUT2D eigenvalue weighted by Gasteiger charge is -1.97. The van der Waals surface area contributed by atoms with E-state index in [1.54, 1.807) is 0 Å². The molecule has 0 fully saturated rings. The molecule has 0 aromatic carbocycles. The average molecular weight is 195 g/mol. The van der Waals surface area contributed by atoms with Gasteiger partial charge in [-0.1, -0.05) is 12.8 Å². The maximum Gasteiger partial charge on any atom is 0.280 e. The zero-order valence-electron chi connectivity index (χ0n) is 6.35. The highest BCUT2D eigenvalue weighted by Gasteiger charge is 2.03. The lowest BCUT2D eigenvalue weighted by molar-refractivity contribution is 1.12. The molecule has 2 rings (SSSR count). The first kappa shape index (κ1) is 7.99. The minimum Gasteiger partial charge on any atom is -0.302 e. The smallest absolute Gasteiger partial charge is 0.280 e. The Morgan fingerprint density at radius 1 is 1.38 bits per heavy atom. The van der Waals surface area contributed by atoms with Crippen molar-refractivity contribution in [2.24, 2.45) is 0 Å². The molecule has 7 heteroatoms. The predicted octanol–water partition coefficient (Wildman–Crippen LogP) is -0.0302. The predicted molar refractivity (Wildman–Crippen MR) is 50.6 cm³/mol. The van der Waals surface area contributed by atoms with E-state index in [0.717, 1.165) is 0 Å². The average Bonchev–Trinajstić information content (AvgIpc) is 2.18. The van der Waals surface area contributed by atoms with Crippen LogP contribution >= 0.6 is 12.8 Å². The molecule has 0 amide bonds. The molecule has 0 saturated carbocycles. The summed E-state index contributed by atoms with van der Waals surface area (Å²) in [5.41, 5.74) is 0.173. The molecule has 0 spiro atoms. The number of aromatic nitrogens is 4. The first-order valence-electron chi connectivity index (χ1n) is 3.42. The van der Waals surface area contributed by atoms with Gasteiger partial charge in [0, 0.05) is 12.4 Å². The number of aromatic amines is 1. The molecular formula is C6H5N5OS. The minimum absolute atomic E-state index is 0.217. The van der Waals surface area contributed by atoms with Crippen LogP contribution in [0.3, 0.4) is 0 Å². The molecular weight excluding hydrogens is 190 g/mol. The Labute approximate surface area is 78.0 Å². The molecule has 0 aliphatic heterocycles. The van der Waals surface area contributed by atoms with E-state index < -0.39 is 0 Å². The number of fused-ring (bicyclic) bond motifs is 1. The highest BCUT2D eigenvalue weighted by Crippen LogP contribution is 2.01. The first-order valence-corrected chi connectivity index (χ1v) is 3.87. The van der Waals surface area contributed by atoms with Crippen molar-refractivity contribution < 1.29 is 0 Å². The number of thiol groups is 1. The summed E-state index contributed by atoms with van der Waals surface area (Å²) < 4.78 is 2.42. The Kier molecular flexibility index (Phi) is 1.85. The minimum atomic E-state index is -0.338. The molecule has 0 bridgehead atoms. The molecule has 2 heterocycles. The number of anilines is 1. The number of hydrogen-bond donors (Lipinski definition) is 3. The SMILES string of the molecule is O=c1[nH]c(NS)nc2nccnc12. The van der Waals surface area contributed by atoms with Crippen molar-refractivity contribution in [3.05, 3.63) is 22.7 Å². The molecule has 2 N–H and O–H groups in total. The van der Waals surface area contributed by atoms with Gasteiger partial charge in [-0.05, 0) is 0 Å². The molecule has 0 radical (unpaired) electrons. The first-order chi connectivity index (χ1) is 6.31. The highest BCUT2D eigenvalue weighted by atomic mass is 32.1. The van der Waals surface area contributed by atoms with Gasteiger partial charge >= 0.3 is 0 Å². The molecule has 0 aliphatic carbocycles. The molecule has 2 aromatic rings. The fourth-order valence-corrected chi connectivity index (χ4v) is 1.03. The van der Waals surface area contributed by atoms with Crippen LogP contribution in [0, 0.1) is 0 Å². The third kappa shape index (κ3) is 1.33. The second-order valence-corrected chi connectivity index (χ2v) is 2.48. The summed E-state index contributed by atoms with van der Waals surface area (Å²) in [6, 6.07) is 0. The van der Waals surface area contributed by atoms with Gasteiger partial charge in [-0.2, -0.15) is 4.98 Å². The van der Waals surface area contributed by atoms with Crippen LogP contribution in [-0.4, -0.2) is 19.9 Å². The van der Waals surface area contributed by atoms with Crippen molar-refractivity contribution in [1.29, 1.82) is 0 Å². The standard InChI is InChI=1S/C6H5N5OS/c12-5-3-4(8-2-1-7-3)9-6(10-5)11-13/h1-2,13H,(H2,8,9,10,11,12). The largest absolute Gasteiger partial charge is 0.302 e. The van der Waals surface area contributed by atoms with Gasteiger partial charge in [0.25, 0.3) is 5.56 Å². The van der Waals surface area contributed by atoms with Gasteiger partial charge in [-0.3, -0.25) is 9.78 Å². The van der Waals surface area contributed by atoms with Crippen LogP contribution in [0.25, 0.3) is 11.2 Å². The summed E-state index contributed by atoms with van der Waals surface area (Å²) in [6.45, 7) is 0. The summed E-state index contributed by atoms with van der Waals surface area (Å²) >= 11 is 3.75. The van der Waals surface area contributed by atoms with Crippen molar-refractivity contribution in [1.82, 2.24) is 19.9 Å². The highest BCUT2D eigenvalue weighted by molar-refractivity contribution is 7.81. The van der Waals surface area contributed by atoms with Gasteiger partial charge in [-0.15, -0.1) is 0 Å². The van der Waals surface area contributed by atoms with E-state index in [0.29, 0.717) is 5.65 Å². The van der Waals surface area contributed by atoms with Gasteiger partial charge in [0.2, 0.25) is 5.95 Å². The van der Waals surface area contributed by atoms with Gasteiger partial charge in [0.05, 0.1) is 0 Å². The molecule has 0 unspecified atom stereocenters. The van der Waals surface area contributed by atoms with Crippen molar-refractivity contribution in [2.75, 3.05) is 4.72 Å². The molecule has 0 aliphatic rings. The fourth-order valence-electron chi connectivity index (χ4n) is 0.926. The third-order valence-electron chi connectivity index (χ3n) is 1.45. The van der Waals surface area contributed by atoms with Crippen LogP contribution in [0.2, 0.25) is 0 Å². The lowest BCUT2D eigenvalue weighted by atomic mass is 10.5. The van der Waals surface area contributed by atoms with Gasteiger partial charge in [-0.25, -0.2) is 9.97 Å². The normalized spacial score (nSPS) is 10.2. The van der Waals surface area contributed by atoms with Crippen LogP contribution < -0.4 is 10.3 Å². The van der Waals surface area contributed by atoms with Crippen LogP contribution in [0.1, 0.15) is 0 Å². The maximum atomic E-state index is 11.3. The molecule has 2 aromatic heterocycles. The summed E-state index contributed by atoms with van der Waals surface area (Å²) in [5, 5.41) is 0. The van der Waals surface area contributed by atoms with Crippen molar-refractivity contribution in [2.45, 2.75) is 0 Å². The van der Waals surface area contributed by atoms with E-state index in [4.69, 9.17) is 0 Å². The number of nitrogens with zero attached hydrogens (tertiary/aromatic N) is 3. The molecule has 13 heavy (non-hydrogen) atoms. The zero-order valence-corrected chi connectivity index (χ0v) is 7.25. The van der Waals surface area contributed by atoms with Gasteiger partial charge in [0.1, 0.15) is 0 Å².